The first kappa shape index (κ1) is 13.2. The summed E-state index contributed by atoms with van der Waals surface area (Å²) in [5.74, 6) is 0.135. The average molecular weight is 290 g/mol. The number of benzene rings is 1. The van der Waals surface area contributed by atoms with Gasteiger partial charge in [0.25, 0.3) is 5.91 Å². The summed E-state index contributed by atoms with van der Waals surface area (Å²) in [4.78, 5) is 14.1. The third kappa shape index (κ3) is 2.85. The quantitative estimate of drug-likeness (QED) is 0.871. The fourth-order valence-corrected chi connectivity index (χ4v) is 2.62. The van der Waals surface area contributed by atoms with E-state index in [0.29, 0.717) is 11.6 Å². The van der Waals surface area contributed by atoms with Gasteiger partial charge in [0.15, 0.2) is 0 Å². The van der Waals surface area contributed by atoms with Crippen LogP contribution in [0, 0.1) is 0 Å². The van der Waals surface area contributed by atoms with Crippen molar-refractivity contribution < 1.29 is 4.79 Å². The maximum absolute atomic E-state index is 12.2. The summed E-state index contributed by atoms with van der Waals surface area (Å²) >= 11 is 5.83. The van der Waals surface area contributed by atoms with Crippen molar-refractivity contribution in [3.8, 4) is 0 Å². The van der Waals surface area contributed by atoms with Crippen molar-refractivity contribution in [3.63, 3.8) is 0 Å². The summed E-state index contributed by atoms with van der Waals surface area (Å²) in [6.07, 6.45) is 5.63. The molecule has 2 heterocycles. The molecule has 5 heteroatoms. The van der Waals surface area contributed by atoms with Crippen LogP contribution >= 0.6 is 11.6 Å². The van der Waals surface area contributed by atoms with E-state index in [9.17, 15) is 4.79 Å². The van der Waals surface area contributed by atoms with Crippen molar-refractivity contribution in [2.45, 2.75) is 19.4 Å². The van der Waals surface area contributed by atoms with Gasteiger partial charge in [-0.2, -0.15) is 5.10 Å². The predicted molar refractivity (Wildman–Crippen MR) is 77.9 cm³/mol. The monoisotopic (exact) mass is 289 g/mol. The molecule has 0 aliphatic carbocycles. The molecule has 0 saturated carbocycles. The standard InChI is InChI=1S/C15H16ClN3O/c16-14-9-17-19(11-14)10-12-3-5-13(6-4-12)15(20)18-7-1-2-8-18/h3-6,9,11H,1-2,7-8,10H2. The Morgan fingerprint density at radius 3 is 2.50 bits per heavy atom. The maximum atomic E-state index is 12.2. The van der Waals surface area contributed by atoms with Gasteiger partial charge in [-0.25, -0.2) is 0 Å². The predicted octanol–water partition coefficient (Wildman–Crippen LogP) is 2.82. The van der Waals surface area contributed by atoms with Crippen molar-refractivity contribution in [2.75, 3.05) is 13.1 Å². The van der Waals surface area contributed by atoms with Crippen LogP contribution in [0.15, 0.2) is 36.7 Å². The summed E-state index contributed by atoms with van der Waals surface area (Å²) in [6, 6.07) is 7.72. The first-order valence-electron chi connectivity index (χ1n) is 6.78. The molecule has 2 aromatic rings. The highest BCUT2D eigenvalue weighted by atomic mass is 35.5. The number of amides is 1. The first-order valence-corrected chi connectivity index (χ1v) is 7.16. The van der Waals surface area contributed by atoms with Crippen LogP contribution in [0.5, 0.6) is 0 Å². The van der Waals surface area contributed by atoms with Crippen LogP contribution in [0.3, 0.4) is 0 Å². The molecule has 0 radical (unpaired) electrons. The molecule has 0 atom stereocenters. The van der Waals surface area contributed by atoms with Crippen molar-refractivity contribution >= 4 is 17.5 Å². The second-order valence-corrected chi connectivity index (χ2v) is 5.49. The van der Waals surface area contributed by atoms with E-state index in [1.807, 2.05) is 29.2 Å². The number of likely N-dealkylation sites (tertiary alicyclic amines) is 1. The summed E-state index contributed by atoms with van der Waals surface area (Å²) in [7, 11) is 0. The lowest BCUT2D eigenvalue weighted by Crippen LogP contribution is -2.27. The zero-order chi connectivity index (χ0) is 13.9. The number of carbonyl (C=O) groups excluding carboxylic acids is 1. The Morgan fingerprint density at radius 1 is 1.20 bits per heavy atom. The van der Waals surface area contributed by atoms with Gasteiger partial charge in [-0.3, -0.25) is 9.48 Å². The van der Waals surface area contributed by atoms with E-state index in [4.69, 9.17) is 11.6 Å². The minimum absolute atomic E-state index is 0.135. The molecule has 1 fully saturated rings. The van der Waals surface area contributed by atoms with Crippen LogP contribution in [0.4, 0.5) is 0 Å². The molecule has 0 bridgehead atoms. The van der Waals surface area contributed by atoms with Gasteiger partial charge in [-0.15, -0.1) is 0 Å². The van der Waals surface area contributed by atoms with E-state index >= 15 is 0 Å². The van der Waals surface area contributed by atoms with Crippen LogP contribution in [0.1, 0.15) is 28.8 Å². The zero-order valence-corrected chi connectivity index (χ0v) is 11.9. The van der Waals surface area contributed by atoms with Gasteiger partial charge in [0.05, 0.1) is 17.8 Å². The van der Waals surface area contributed by atoms with Gasteiger partial charge in [-0.05, 0) is 30.5 Å². The molecular formula is C15H16ClN3O. The molecule has 1 amide bonds. The van der Waals surface area contributed by atoms with Crippen LogP contribution in [-0.4, -0.2) is 33.7 Å². The van der Waals surface area contributed by atoms with Crippen molar-refractivity contribution in [2.24, 2.45) is 0 Å². The fraction of sp³-hybridized carbons (Fsp3) is 0.333. The Kier molecular flexibility index (Phi) is 3.74. The number of hydrogen-bond acceptors (Lipinski definition) is 2. The molecule has 1 aromatic heterocycles. The number of hydrogen-bond donors (Lipinski definition) is 0. The minimum atomic E-state index is 0.135. The second-order valence-electron chi connectivity index (χ2n) is 5.05. The summed E-state index contributed by atoms with van der Waals surface area (Å²) in [5, 5.41) is 4.77. The third-order valence-electron chi connectivity index (χ3n) is 3.54. The van der Waals surface area contributed by atoms with Gasteiger partial charge in [0, 0.05) is 24.8 Å². The number of halogens is 1. The third-order valence-corrected chi connectivity index (χ3v) is 3.74. The average Bonchev–Trinajstić information content (AvgIpc) is 3.11. The zero-order valence-electron chi connectivity index (χ0n) is 11.1. The molecule has 20 heavy (non-hydrogen) atoms. The Labute approximate surface area is 123 Å². The molecule has 4 nitrogen and oxygen atoms in total. The van der Waals surface area contributed by atoms with Crippen LogP contribution in [-0.2, 0) is 6.54 Å². The van der Waals surface area contributed by atoms with E-state index in [1.165, 1.54) is 0 Å². The molecule has 0 unspecified atom stereocenters. The normalized spacial score (nSPS) is 14.8. The van der Waals surface area contributed by atoms with E-state index in [0.717, 1.165) is 37.1 Å². The molecule has 104 valence electrons. The lowest BCUT2D eigenvalue weighted by atomic mass is 10.1. The number of rotatable bonds is 3. The van der Waals surface area contributed by atoms with Crippen molar-refractivity contribution in [3.05, 3.63) is 52.8 Å². The molecule has 1 aromatic carbocycles. The van der Waals surface area contributed by atoms with Crippen molar-refractivity contribution in [1.29, 1.82) is 0 Å². The largest absolute Gasteiger partial charge is 0.339 e. The van der Waals surface area contributed by atoms with Gasteiger partial charge in [-0.1, -0.05) is 23.7 Å². The maximum Gasteiger partial charge on any atom is 0.253 e. The molecule has 0 N–H and O–H groups in total. The van der Waals surface area contributed by atoms with Crippen LogP contribution < -0.4 is 0 Å². The fourth-order valence-electron chi connectivity index (χ4n) is 2.47. The summed E-state index contributed by atoms with van der Waals surface area (Å²) in [5.41, 5.74) is 1.86. The first-order chi connectivity index (χ1) is 9.72. The van der Waals surface area contributed by atoms with Crippen LogP contribution in [0.25, 0.3) is 0 Å². The molecule has 1 aliphatic rings. The van der Waals surface area contributed by atoms with Crippen molar-refractivity contribution in [1.82, 2.24) is 14.7 Å². The molecule has 1 aliphatic heterocycles. The number of aromatic nitrogens is 2. The second kappa shape index (κ2) is 5.67. The van der Waals surface area contributed by atoms with Gasteiger partial charge in [0.1, 0.15) is 0 Å². The number of nitrogens with zero attached hydrogens (tertiary/aromatic N) is 3. The van der Waals surface area contributed by atoms with E-state index in [-0.39, 0.29) is 5.91 Å². The Hall–Kier alpha value is -1.81. The topological polar surface area (TPSA) is 38.1 Å². The van der Waals surface area contributed by atoms with Crippen LogP contribution in [0.2, 0.25) is 5.02 Å². The lowest BCUT2D eigenvalue weighted by molar-refractivity contribution is 0.0793. The summed E-state index contributed by atoms with van der Waals surface area (Å²) in [6.45, 7) is 2.42. The molecular weight excluding hydrogens is 274 g/mol. The minimum Gasteiger partial charge on any atom is -0.339 e. The SMILES string of the molecule is O=C(c1ccc(Cn2cc(Cl)cn2)cc1)N1CCCC1. The Bertz CT molecular complexity index is 600. The smallest absolute Gasteiger partial charge is 0.253 e. The Morgan fingerprint density at radius 2 is 1.90 bits per heavy atom. The van der Waals surface area contributed by atoms with E-state index in [2.05, 4.69) is 5.10 Å². The highest BCUT2D eigenvalue weighted by Gasteiger charge is 2.19. The highest BCUT2D eigenvalue weighted by Crippen LogP contribution is 2.14. The van der Waals surface area contributed by atoms with Gasteiger partial charge in [0.2, 0.25) is 0 Å². The van der Waals surface area contributed by atoms with Gasteiger partial charge >= 0.3 is 0 Å². The summed E-state index contributed by atoms with van der Waals surface area (Å²) < 4.78 is 1.78. The molecule has 0 spiro atoms. The Balaban J connectivity index is 1.69. The molecule has 3 rings (SSSR count). The lowest BCUT2D eigenvalue weighted by Gasteiger charge is -2.15. The highest BCUT2D eigenvalue weighted by molar-refractivity contribution is 6.30. The number of carbonyl (C=O) groups is 1. The van der Waals surface area contributed by atoms with E-state index in [1.54, 1.807) is 17.1 Å². The molecule has 1 saturated heterocycles. The van der Waals surface area contributed by atoms with Gasteiger partial charge < -0.3 is 4.90 Å². The van der Waals surface area contributed by atoms with E-state index < -0.39 is 0 Å².